The molecule has 1 aromatic heterocycles. The van der Waals surface area contributed by atoms with Crippen LogP contribution in [0.4, 0.5) is 0 Å². The molecule has 5 nitrogen and oxygen atoms in total. The van der Waals surface area contributed by atoms with Crippen molar-refractivity contribution in [2.75, 3.05) is 20.2 Å². The van der Waals surface area contributed by atoms with Crippen LogP contribution in [0.1, 0.15) is 22.6 Å². The molecule has 1 fully saturated rings. The van der Waals surface area contributed by atoms with Crippen LogP contribution in [0.5, 0.6) is 0 Å². The van der Waals surface area contributed by atoms with Gasteiger partial charge in [0.15, 0.2) is 0 Å². The molecule has 0 bridgehead atoms. The van der Waals surface area contributed by atoms with Gasteiger partial charge in [-0.25, -0.2) is 8.42 Å². The predicted molar refractivity (Wildman–Crippen MR) is 87.8 cm³/mol. The Bertz CT molecular complexity index is 574. The third kappa shape index (κ3) is 3.78. The van der Waals surface area contributed by atoms with Gasteiger partial charge in [0.05, 0.1) is 11.0 Å². The van der Waals surface area contributed by atoms with Gasteiger partial charge in [-0.2, -0.15) is 4.31 Å². The second-order valence-electron chi connectivity index (χ2n) is 5.16. The lowest BCUT2D eigenvalue weighted by atomic mass is 10.0. The average Bonchev–Trinajstić information content (AvgIpc) is 2.77. The van der Waals surface area contributed by atoms with E-state index in [-0.39, 0.29) is 24.6 Å². The fourth-order valence-electron chi connectivity index (χ4n) is 2.73. The monoisotopic (exact) mass is 354 g/mol. The lowest BCUT2D eigenvalue weighted by Gasteiger charge is -2.37. The van der Waals surface area contributed by atoms with Gasteiger partial charge in [-0.15, -0.1) is 23.7 Å². The van der Waals surface area contributed by atoms with Gasteiger partial charge in [-0.3, -0.25) is 0 Å². The standard InChI is InChI=1S/C13H22N2O3S2.ClH/c1-9-6-13(10(2)19-9)20(16,17)15-5-4-12(18-3)7-11(15)8-14;/h6,11-12H,4-5,7-8,14H2,1-3H3;1H. The third-order valence-electron chi connectivity index (χ3n) is 3.80. The molecule has 8 heteroatoms. The van der Waals surface area contributed by atoms with Crippen LogP contribution in [-0.4, -0.2) is 45.1 Å². The quantitative estimate of drug-likeness (QED) is 0.896. The molecule has 2 N–H and O–H groups in total. The number of thiophene rings is 1. The molecule has 2 atom stereocenters. The zero-order valence-electron chi connectivity index (χ0n) is 12.5. The summed E-state index contributed by atoms with van der Waals surface area (Å²) in [5.41, 5.74) is 5.77. The third-order valence-corrected chi connectivity index (χ3v) is 6.97. The van der Waals surface area contributed by atoms with Crippen molar-refractivity contribution in [3.05, 3.63) is 15.8 Å². The number of nitrogens with zero attached hydrogens (tertiary/aromatic N) is 1. The number of aryl methyl sites for hydroxylation is 2. The molecule has 2 unspecified atom stereocenters. The van der Waals surface area contributed by atoms with Crippen LogP contribution in [-0.2, 0) is 14.8 Å². The first-order valence-corrected chi connectivity index (χ1v) is 8.97. The number of piperidine rings is 1. The highest BCUT2D eigenvalue weighted by Crippen LogP contribution is 2.31. The average molecular weight is 355 g/mol. The molecule has 2 heterocycles. The Morgan fingerprint density at radius 1 is 1.48 bits per heavy atom. The minimum Gasteiger partial charge on any atom is -0.381 e. The Morgan fingerprint density at radius 3 is 2.62 bits per heavy atom. The van der Waals surface area contributed by atoms with E-state index in [0.29, 0.717) is 30.8 Å². The molecule has 1 aliphatic heterocycles. The molecule has 0 amide bonds. The van der Waals surface area contributed by atoms with E-state index >= 15 is 0 Å². The number of nitrogens with two attached hydrogens (primary N) is 1. The van der Waals surface area contributed by atoms with Crippen LogP contribution in [0.2, 0.25) is 0 Å². The molecule has 122 valence electrons. The van der Waals surface area contributed by atoms with Crippen molar-refractivity contribution in [2.45, 2.75) is 43.7 Å². The summed E-state index contributed by atoms with van der Waals surface area (Å²) in [6.45, 7) is 4.57. The smallest absolute Gasteiger partial charge is 0.244 e. The summed E-state index contributed by atoms with van der Waals surface area (Å²) in [5.74, 6) is 0. The highest BCUT2D eigenvalue weighted by molar-refractivity contribution is 7.89. The van der Waals surface area contributed by atoms with Crippen LogP contribution in [0.15, 0.2) is 11.0 Å². The molecule has 0 saturated carbocycles. The van der Waals surface area contributed by atoms with Crippen LogP contribution < -0.4 is 5.73 Å². The number of sulfonamides is 1. The fraction of sp³-hybridized carbons (Fsp3) is 0.692. The first kappa shape index (κ1) is 18.9. The van der Waals surface area contributed by atoms with Gasteiger partial charge in [-0.1, -0.05) is 0 Å². The van der Waals surface area contributed by atoms with E-state index < -0.39 is 10.0 Å². The van der Waals surface area contributed by atoms with Crippen LogP contribution in [0.3, 0.4) is 0 Å². The maximum atomic E-state index is 12.8. The van der Waals surface area contributed by atoms with E-state index in [1.54, 1.807) is 17.5 Å². The number of halogens is 1. The van der Waals surface area contributed by atoms with Gasteiger partial charge >= 0.3 is 0 Å². The van der Waals surface area contributed by atoms with Crippen LogP contribution >= 0.6 is 23.7 Å². The first-order valence-electron chi connectivity index (χ1n) is 6.72. The minimum atomic E-state index is -3.46. The normalized spacial score (nSPS) is 23.8. The fourth-order valence-corrected chi connectivity index (χ4v) is 5.91. The number of hydrogen-bond acceptors (Lipinski definition) is 5. The van der Waals surface area contributed by atoms with E-state index in [4.69, 9.17) is 10.5 Å². The summed E-state index contributed by atoms with van der Waals surface area (Å²) in [4.78, 5) is 2.28. The van der Waals surface area contributed by atoms with E-state index in [9.17, 15) is 8.42 Å². The Balaban J connectivity index is 0.00000220. The van der Waals surface area contributed by atoms with Gasteiger partial charge < -0.3 is 10.5 Å². The summed E-state index contributed by atoms with van der Waals surface area (Å²) in [7, 11) is -1.80. The summed E-state index contributed by atoms with van der Waals surface area (Å²) >= 11 is 1.51. The molecule has 0 radical (unpaired) electrons. The van der Waals surface area contributed by atoms with E-state index in [1.807, 2.05) is 13.8 Å². The lowest BCUT2D eigenvalue weighted by Crippen LogP contribution is -2.51. The minimum absolute atomic E-state index is 0. The number of rotatable bonds is 4. The molecule has 1 saturated heterocycles. The van der Waals surface area contributed by atoms with Crippen molar-refractivity contribution >= 4 is 33.8 Å². The topological polar surface area (TPSA) is 72.6 Å². The van der Waals surface area contributed by atoms with Gasteiger partial charge in [0.1, 0.15) is 0 Å². The van der Waals surface area contributed by atoms with E-state index in [2.05, 4.69) is 0 Å². The number of hydrogen-bond donors (Lipinski definition) is 1. The van der Waals surface area contributed by atoms with Gasteiger partial charge in [0.25, 0.3) is 0 Å². The first-order chi connectivity index (χ1) is 9.40. The Morgan fingerprint density at radius 2 is 2.14 bits per heavy atom. The number of methoxy groups -OCH3 is 1. The molecule has 21 heavy (non-hydrogen) atoms. The molecule has 0 spiro atoms. The van der Waals surface area contributed by atoms with Crippen LogP contribution in [0.25, 0.3) is 0 Å². The van der Waals surface area contributed by atoms with Crippen molar-refractivity contribution in [3.63, 3.8) is 0 Å². The highest BCUT2D eigenvalue weighted by atomic mass is 35.5. The summed E-state index contributed by atoms with van der Waals surface area (Å²) < 4.78 is 32.5. The van der Waals surface area contributed by atoms with Crippen molar-refractivity contribution in [1.29, 1.82) is 0 Å². The van der Waals surface area contributed by atoms with E-state index in [0.717, 1.165) is 9.75 Å². The zero-order chi connectivity index (χ0) is 14.9. The maximum Gasteiger partial charge on any atom is 0.244 e. The molecular formula is C13H23ClN2O3S2. The lowest BCUT2D eigenvalue weighted by molar-refractivity contribution is 0.0401. The summed E-state index contributed by atoms with van der Waals surface area (Å²) in [6.07, 6.45) is 1.48. The van der Waals surface area contributed by atoms with Crippen molar-refractivity contribution < 1.29 is 13.2 Å². The summed E-state index contributed by atoms with van der Waals surface area (Å²) in [5, 5.41) is 0. The van der Waals surface area contributed by atoms with Gasteiger partial charge in [-0.05, 0) is 32.8 Å². The molecule has 1 aromatic rings. The van der Waals surface area contributed by atoms with E-state index in [1.165, 1.54) is 11.3 Å². The second kappa shape index (κ2) is 7.39. The Labute approximate surface area is 136 Å². The SMILES string of the molecule is COC1CCN(S(=O)(=O)c2cc(C)sc2C)C(CN)C1.Cl. The Kier molecular flexibility index (Phi) is 6.64. The molecule has 1 aliphatic rings. The summed E-state index contributed by atoms with van der Waals surface area (Å²) in [6, 6.07) is 1.57. The zero-order valence-corrected chi connectivity index (χ0v) is 15.0. The Hall–Kier alpha value is -0.180. The van der Waals surface area contributed by atoms with Gasteiger partial charge in [0, 0.05) is 36.0 Å². The molecule has 2 rings (SSSR count). The van der Waals surface area contributed by atoms with Crippen LogP contribution in [0, 0.1) is 13.8 Å². The molecular weight excluding hydrogens is 332 g/mol. The molecule has 0 aromatic carbocycles. The second-order valence-corrected chi connectivity index (χ2v) is 8.48. The van der Waals surface area contributed by atoms with Crippen molar-refractivity contribution in [3.8, 4) is 0 Å². The van der Waals surface area contributed by atoms with Crippen molar-refractivity contribution in [2.24, 2.45) is 5.73 Å². The predicted octanol–water partition coefficient (Wildman–Crippen LogP) is 1.91. The highest BCUT2D eigenvalue weighted by Gasteiger charge is 2.37. The van der Waals surface area contributed by atoms with Gasteiger partial charge in [0.2, 0.25) is 10.0 Å². The molecule has 0 aliphatic carbocycles. The van der Waals surface area contributed by atoms with Crippen molar-refractivity contribution in [1.82, 2.24) is 4.31 Å². The number of ether oxygens (including phenoxy) is 1. The maximum absolute atomic E-state index is 12.8. The largest absolute Gasteiger partial charge is 0.381 e.